The lowest BCUT2D eigenvalue weighted by Crippen LogP contribution is -2.54. The number of hydrogen-bond donors (Lipinski definition) is 1. The van der Waals surface area contributed by atoms with Gasteiger partial charge in [0.15, 0.2) is 0 Å². The van der Waals surface area contributed by atoms with Crippen LogP contribution in [0, 0.1) is 5.92 Å². The third kappa shape index (κ3) is 3.55. The molecule has 28 heavy (non-hydrogen) atoms. The minimum Gasteiger partial charge on any atom is -0.460 e. The summed E-state index contributed by atoms with van der Waals surface area (Å²) in [5.41, 5.74) is -2.49. The van der Waals surface area contributed by atoms with E-state index in [1.54, 1.807) is 19.9 Å². The highest BCUT2D eigenvalue weighted by atomic mass is 16.6. The average molecular weight is 395 g/mol. The molecule has 5 unspecified atom stereocenters. The van der Waals surface area contributed by atoms with Crippen molar-refractivity contribution in [2.75, 3.05) is 19.7 Å². The minimum atomic E-state index is -1.58. The number of aliphatic hydroxyl groups is 1. The van der Waals surface area contributed by atoms with E-state index < -0.39 is 47.2 Å². The van der Waals surface area contributed by atoms with Gasteiger partial charge < -0.3 is 19.3 Å². The number of rotatable bonds is 1. The Bertz CT molecular complexity index is 705. The first-order valence-electron chi connectivity index (χ1n) is 9.80. The summed E-state index contributed by atoms with van der Waals surface area (Å²) in [5.74, 6) is -2.34. The molecular formula is C20H29NO7. The van der Waals surface area contributed by atoms with Crippen LogP contribution in [0.2, 0.25) is 0 Å². The molecule has 156 valence electrons. The first-order chi connectivity index (χ1) is 13.1. The zero-order valence-electron chi connectivity index (χ0n) is 16.9. The number of carbonyl (C=O) groups is 3. The fourth-order valence-corrected chi connectivity index (χ4v) is 4.56. The third-order valence-corrected chi connectivity index (χ3v) is 6.38. The summed E-state index contributed by atoms with van der Waals surface area (Å²) in [6.07, 6.45) is 2.43. The normalized spacial score (nSPS) is 40.9. The minimum absolute atomic E-state index is 0.194. The van der Waals surface area contributed by atoms with Gasteiger partial charge >= 0.3 is 17.9 Å². The number of ether oxygens (including phenoxy) is 3. The van der Waals surface area contributed by atoms with Crippen molar-refractivity contribution < 1.29 is 33.7 Å². The quantitative estimate of drug-likeness (QED) is 0.398. The molecule has 0 aromatic rings. The number of esters is 3. The summed E-state index contributed by atoms with van der Waals surface area (Å²) >= 11 is 0. The molecule has 0 saturated carbocycles. The van der Waals surface area contributed by atoms with Crippen molar-refractivity contribution in [1.29, 1.82) is 0 Å². The van der Waals surface area contributed by atoms with Crippen LogP contribution in [0.1, 0.15) is 47.0 Å². The first-order valence-corrected chi connectivity index (χ1v) is 9.80. The molecule has 5 atom stereocenters. The standard InChI is InChI=1S/C20H29NO7/c1-5-14-10-12(2)19(4,28-13(3)22)18(24)26-11-20(25)7-9-21-8-6-15(16(20)21)27-17(14)23/h5,12,15-16,25H,6-11H2,1-4H3. The fraction of sp³-hybridized carbons (Fsp3) is 0.750. The second-order valence-electron chi connectivity index (χ2n) is 8.26. The number of hydrogen-bond acceptors (Lipinski definition) is 8. The van der Waals surface area contributed by atoms with Crippen LogP contribution in [0.5, 0.6) is 0 Å². The van der Waals surface area contributed by atoms with Crippen molar-refractivity contribution in [2.45, 2.75) is 70.3 Å². The number of nitrogens with zero attached hydrogens (tertiary/aromatic N) is 1. The van der Waals surface area contributed by atoms with Gasteiger partial charge in [-0.1, -0.05) is 13.0 Å². The Kier molecular flexibility index (Phi) is 5.55. The lowest BCUT2D eigenvalue weighted by molar-refractivity contribution is -0.192. The summed E-state index contributed by atoms with van der Waals surface area (Å²) in [6, 6.07) is -0.417. The van der Waals surface area contributed by atoms with Crippen LogP contribution in [0.4, 0.5) is 0 Å². The van der Waals surface area contributed by atoms with Crippen LogP contribution >= 0.6 is 0 Å². The molecule has 0 spiro atoms. The molecule has 0 amide bonds. The van der Waals surface area contributed by atoms with E-state index in [1.807, 2.05) is 0 Å². The molecule has 0 radical (unpaired) electrons. The molecule has 0 aromatic carbocycles. The Morgan fingerprint density at radius 1 is 1.36 bits per heavy atom. The van der Waals surface area contributed by atoms with E-state index in [9.17, 15) is 19.5 Å². The molecule has 3 saturated heterocycles. The van der Waals surface area contributed by atoms with Gasteiger partial charge in [0.2, 0.25) is 5.60 Å². The summed E-state index contributed by atoms with van der Waals surface area (Å²) in [4.78, 5) is 39.4. The van der Waals surface area contributed by atoms with Gasteiger partial charge in [-0.25, -0.2) is 9.59 Å². The highest BCUT2D eigenvalue weighted by molar-refractivity contribution is 5.89. The van der Waals surface area contributed by atoms with Crippen molar-refractivity contribution in [2.24, 2.45) is 5.92 Å². The Morgan fingerprint density at radius 2 is 2.07 bits per heavy atom. The topological polar surface area (TPSA) is 102 Å². The second-order valence-corrected chi connectivity index (χ2v) is 8.26. The van der Waals surface area contributed by atoms with Crippen LogP contribution < -0.4 is 0 Å². The molecule has 1 N–H and O–H groups in total. The lowest BCUT2D eigenvalue weighted by Gasteiger charge is -2.37. The molecule has 3 rings (SSSR count). The van der Waals surface area contributed by atoms with Crippen LogP contribution in [0.3, 0.4) is 0 Å². The molecule has 0 bridgehead atoms. The molecule has 8 heteroatoms. The van der Waals surface area contributed by atoms with Crippen molar-refractivity contribution >= 4 is 17.9 Å². The van der Waals surface area contributed by atoms with E-state index in [0.29, 0.717) is 31.5 Å². The van der Waals surface area contributed by atoms with Crippen molar-refractivity contribution in [3.8, 4) is 0 Å². The van der Waals surface area contributed by atoms with E-state index in [-0.39, 0.29) is 13.0 Å². The average Bonchev–Trinajstić information content (AvgIpc) is 3.18. The highest BCUT2D eigenvalue weighted by Crippen LogP contribution is 2.40. The second kappa shape index (κ2) is 7.48. The van der Waals surface area contributed by atoms with E-state index in [0.717, 1.165) is 0 Å². The summed E-state index contributed by atoms with van der Waals surface area (Å²) in [7, 11) is 0. The van der Waals surface area contributed by atoms with Crippen LogP contribution in [0.25, 0.3) is 0 Å². The monoisotopic (exact) mass is 395 g/mol. The van der Waals surface area contributed by atoms with Gasteiger partial charge in [0.25, 0.3) is 0 Å². The zero-order chi connectivity index (χ0) is 20.7. The van der Waals surface area contributed by atoms with Crippen LogP contribution in [-0.4, -0.2) is 71.0 Å². The maximum atomic E-state index is 12.9. The molecule has 3 fully saturated rings. The van der Waals surface area contributed by atoms with Crippen molar-refractivity contribution in [3.63, 3.8) is 0 Å². The number of allylic oxidation sites excluding steroid dienone is 1. The number of carbonyl (C=O) groups excluding carboxylic acids is 3. The highest BCUT2D eigenvalue weighted by Gasteiger charge is 2.56. The van der Waals surface area contributed by atoms with Gasteiger partial charge in [0, 0.05) is 31.5 Å². The van der Waals surface area contributed by atoms with E-state index >= 15 is 0 Å². The van der Waals surface area contributed by atoms with E-state index in [2.05, 4.69) is 4.90 Å². The van der Waals surface area contributed by atoms with E-state index in [4.69, 9.17) is 14.2 Å². The molecule has 3 heterocycles. The van der Waals surface area contributed by atoms with Gasteiger partial charge in [0.1, 0.15) is 18.3 Å². The van der Waals surface area contributed by atoms with Gasteiger partial charge in [-0.2, -0.15) is 0 Å². The lowest BCUT2D eigenvalue weighted by atomic mass is 9.84. The van der Waals surface area contributed by atoms with Crippen molar-refractivity contribution in [3.05, 3.63) is 11.6 Å². The summed E-state index contributed by atoms with van der Waals surface area (Å²) < 4.78 is 16.6. The molecular weight excluding hydrogens is 366 g/mol. The Morgan fingerprint density at radius 3 is 2.71 bits per heavy atom. The fourth-order valence-electron chi connectivity index (χ4n) is 4.56. The Balaban J connectivity index is 1.97. The maximum Gasteiger partial charge on any atom is 0.350 e. The first kappa shape index (κ1) is 20.8. The van der Waals surface area contributed by atoms with E-state index in [1.165, 1.54) is 13.8 Å². The predicted molar refractivity (Wildman–Crippen MR) is 98.1 cm³/mol. The summed E-state index contributed by atoms with van der Waals surface area (Å²) in [6.45, 7) is 7.26. The van der Waals surface area contributed by atoms with Gasteiger partial charge in [-0.3, -0.25) is 9.69 Å². The molecule has 0 aliphatic carbocycles. The Labute approximate surface area is 164 Å². The van der Waals surface area contributed by atoms with Gasteiger partial charge in [0.05, 0.1) is 6.04 Å². The summed E-state index contributed by atoms with van der Waals surface area (Å²) in [5, 5.41) is 11.2. The number of cyclic esters (lactones) is 1. The Hall–Kier alpha value is -1.93. The SMILES string of the molecule is CC=C1CC(C)C(C)(OC(C)=O)C(=O)OCC2(O)CCN3CCC(OC1=O)C32. The molecule has 3 aliphatic rings. The smallest absolute Gasteiger partial charge is 0.350 e. The largest absolute Gasteiger partial charge is 0.460 e. The van der Waals surface area contributed by atoms with Crippen LogP contribution in [0.15, 0.2) is 11.6 Å². The van der Waals surface area contributed by atoms with Gasteiger partial charge in [-0.05, 0) is 33.1 Å². The van der Waals surface area contributed by atoms with Gasteiger partial charge in [-0.15, -0.1) is 0 Å². The van der Waals surface area contributed by atoms with Crippen molar-refractivity contribution in [1.82, 2.24) is 4.90 Å². The molecule has 8 nitrogen and oxygen atoms in total. The molecule has 3 aliphatic heterocycles. The molecule has 0 aromatic heterocycles. The third-order valence-electron chi connectivity index (χ3n) is 6.38. The zero-order valence-corrected chi connectivity index (χ0v) is 16.9. The van der Waals surface area contributed by atoms with Crippen LogP contribution in [-0.2, 0) is 28.6 Å². The maximum absolute atomic E-state index is 12.9. The predicted octanol–water partition coefficient (Wildman–Crippen LogP) is 0.958.